The fourth-order valence-corrected chi connectivity index (χ4v) is 3.21. The number of rotatable bonds is 7. The molecule has 156 valence electrons. The second kappa shape index (κ2) is 9.49. The number of piperazine rings is 1. The highest BCUT2D eigenvalue weighted by molar-refractivity contribution is 5.57. The number of ether oxygens (including phenoxy) is 1. The monoisotopic (exact) mass is 405 g/mol. The maximum Gasteiger partial charge on any atom is 0.233 e. The number of anilines is 3. The molecule has 0 radical (unpaired) electrons. The van der Waals surface area contributed by atoms with Crippen LogP contribution in [0.1, 0.15) is 18.3 Å². The van der Waals surface area contributed by atoms with Crippen molar-refractivity contribution >= 4 is 17.7 Å². The summed E-state index contributed by atoms with van der Waals surface area (Å²) in [5.74, 6) is 3.19. The van der Waals surface area contributed by atoms with Gasteiger partial charge in [-0.15, -0.1) is 0 Å². The van der Waals surface area contributed by atoms with Crippen LogP contribution in [0.25, 0.3) is 0 Å². The van der Waals surface area contributed by atoms with Gasteiger partial charge in [0.25, 0.3) is 0 Å². The molecule has 30 heavy (non-hydrogen) atoms. The number of hydrogen-bond donors (Lipinski definition) is 1. The van der Waals surface area contributed by atoms with Crippen molar-refractivity contribution in [3.05, 3.63) is 60.0 Å². The zero-order valence-corrected chi connectivity index (χ0v) is 17.5. The Morgan fingerprint density at radius 1 is 0.967 bits per heavy atom. The summed E-state index contributed by atoms with van der Waals surface area (Å²) in [6.45, 7) is 6.30. The maximum absolute atomic E-state index is 6.00. The Labute approximate surface area is 177 Å². The molecule has 1 saturated heterocycles. The van der Waals surface area contributed by atoms with Crippen molar-refractivity contribution in [2.45, 2.75) is 20.0 Å². The van der Waals surface area contributed by atoms with Crippen LogP contribution < -0.4 is 15.0 Å². The summed E-state index contributed by atoms with van der Waals surface area (Å²) in [6, 6.07) is 13.8. The van der Waals surface area contributed by atoms with Crippen LogP contribution in [-0.4, -0.2) is 58.1 Å². The zero-order valence-electron chi connectivity index (χ0n) is 17.5. The van der Waals surface area contributed by atoms with Gasteiger partial charge in [-0.2, -0.15) is 15.0 Å². The zero-order chi connectivity index (χ0) is 20.8. The van der Waals surface area contributed by atoms with Crippen LogP contribution in [0.15, 0.2) is 48.7 Å². The normalized spacial score (nSPS) is 14.5. The van der Waals surface area contributed by atoms with Crippen molar-refractivity contribution in [2.75, 3.05) is 43.4 Å². The number of pyridine rings is 1. The average molecular weight is 406 g/mol. The number of aromatic nitrogens is 4. The third-order valence-corrected chi connectivity index (χ3v) is 5.01. The smallest absolute Gasteiger partial charge is 0.233 e. The quantitative estimate of drug-likeness (QED) is 0.643. The molecule has 0 bridgehead atoms. The summed E-state index contributed by atoms with van der Waals surface area (Å²) in [5.41, 5.74) is 1.10. The molecule has 0 atom stereocenters. The Morgan fingerprint density at radius 2 is 1.77 bits per heavy atom. The van der Waals surface area contributed by atoms with Crippen LogP contribution in [0.3, 0.4) is 0 Å². The number of nitrogens with one attached hydrogen (secondary N) is 1. The summed E-state index contributed by atoms with van der Waals surface area (Å²) < 4.78 is 6.00. The van der Waals surface area contributed by atoms with Crippen LogP contribution in [0.4, 0.5) is 17.7 Å². The van der Waals surface area contributed by atoms with Crippen LogP contribution in [-0.2, 0) is 13.0 Å². The standard InChI is InChI=1S/C22H27N7O/c1-3-19-24-21(27-22(25-19)29-14-12-28(2)13-15-29)26-20-18(10-7-11-23-20)30-16-17-8-5-4-6-9-17/h4-11H,3,12-16H2,1-2H3,(H,23,24,25,26,27). The largest absolute Gasteiger partial charge is 0.485 e. The highest BCUT2D eigenvalue weighted by Crippen LogP contribution is 2.25. The molecule has 0 amide bonds. The molecule has 0 saturated carbocycles. The summed E-state index contributed by atoms with van der Waals surface area (Å²) >= 11 is 0. The Morgan fingerprint density at radius 3 is 2.53 bits per heavy atom. The first-order chi connectivity index (χ1) is 14.7. The number of likely N-dealkylation sites (N-methyl/N-ethyl adjacent to an activating group) is 1. The van der Waals surface area contributed by atoms with Crippen molar-refractivity contribution in [1.82, 2.24) is 24.8 Å². The molecule has 0 unspecified atom stereocenters. The Kier molecular flexibility index (Phi) is 6.34. The van der Waals surface area contributed by atoms with E-state index in [0.29, 0.717) is 30.1 Å². The topological polar surface area (TPSA) is 79.3 Å². The molecular formula is C22H27N7O. The SMILES string of the molecule is CCc1nc(Nc2ncccc2OCc2ccccc2)nc(N2CCN(C)CC2)n1. The molecule has 3 aromatic rings. The van der Waals surface area contributed by atoms with Crippen LogP contribution in [0, 0.1) is 0 Å². The molecule has 1 fully saturated rings. The van der Waals surface area contributed by atoms with Crippen LogP contribution in [0.2, 0.25) is 0 Å². The first kappa shape index (κ1) is 20.0. The second-order valence-corrected chi connectivity index (χ2v) is 7.27. The van der Waals surface area contributed by atoms with E-state index in [1.807, 2.05) is 49.4 Å². The second-order valence-electron chi connectivity index (χ2n) is 7.27. The molecule has 2 aromatic heterocycles. The van der Waals surface area contributed by atoms with Gasteiger partial charge in [-0.25, -0.2) is 4.98 Å². The third kappa shape index (κ3) is 5.01. The molecule has 0 spiro atoms. The fourth-order valence-electron chi connectivity index (χ4n) is 3.21. The summed E-state index contributed by atoms with van der Waals surface area (Å²) in [5, 5.41) is 3.24. The molecule has 0 aliphatic carbocycles. The van der Waals surface area contributed by atoms with Gasteiger partial charge in [0.05, 0.1) is 0 Å². The van der Waals surface area contributed by atoms with E-state index < -0.39 is 0 Å². The lowest BCUT2D eigenvalue weighted by molar-refractivity contribution is 0.307. The van der Waals surface area contributed by atoms with Crippen LogP contribution in [0.5, 0.6) is 5.75 Å². The van der Waals surface area contributed by atoms with Gasteiger partial charge in [-0.1, -0.05) is 37.3 Å². The molecule has 1 N–H and O–H groups in total. The molecular weight excluding hydrogens is 378 g/mol. The highest BCUT2D eigenvalue weighted by atomic mass is 16.5. The van der Waals surface area contributed by atoms with Gasteiger partial charge in [-0.3, -0.25) is 0 Å². The first-order valence-electron chi connectivity index (χ1n) is 10.3. The van der Waals surface area contributed by atoms with Gasteiger partial charge < -0.3 is 19.9 Å². The van der Waals surface area contributed by atoms with Crippen molar-refractivity contribution in [3.63, 3.8) is 0 Å². The van der Waals surface area contributed by atoms with Crippen molar-refractivity contribution < 1.29 is 4.74 Å². The van der Waals surface area contributed by atoms with E-state index in [1.54, 1.807) is 6.20 Å². The Hall–Kier alpha value is -3.26. The van der Waals surface area contributed by atoms with Gasteiger partial charge in [0.1, 0.15) is 12.4 Å². The van der Waals surface area contributed by atoms with Crippen molar-refractivity contribution in [2.24, 2.45) is 0 Å². The van der Waals surface area contributed by atoms with Crippen LogP contribution >= 0.6 is 0 Å². The first-order valence-corrected chi connectivity index (χ1v) is 10.3. The number of benzene rings is 1. The predicted molar refractivity (Wildman–Crippen MR) is 117 cm³/mol. The van der Waals surface area contributed by atoms with E-state index in [4.69, 9.17) is 4.74 Å². The minimum Gasteiger partial charge on any atom is -0.485 e. The molecule has 3 heterocycles. The van der Waals surface area contributed by atoms with Crippen molar-refractivity contribution in [3.8, 4) is 5.75 Å². The lowest BCUT2D eigenvalue weighted by Gasteiger charge is -2.32. The minimum absolute atomic E-state index is 0.463. The lowest BCUT2D eigenvalue weighted by Crippen LogP contribution is -2.45. The molecule has 1 aliphatic heterocycles. The summed E-state index contributed by atoms with van der Waals surface area (Å²) in [6.07, 6.45) is 2.46. The molecule has 8 heteroatoms. The van der Waals surface area contributed by atoms with Gasteiger partial charge in [-0.05, 0) is 24.7 Å². The summed E-state index contributed by atoms with van der Waals surface area (Å²) in [7, 11) is 2.13. The number of aryl methyl sites for hydroxylation is 1. The molecule has 1 aliphatic rings. The van der Waals surface area contributed by atoms with Gasteiger partial charge >= 0.3 is 0 Å². The predicted octanol–water partition coefficient (Wildman–Crippen LogP) is 2.90. The Bertz CT molecular complexity index is 959. The Balaban J connectivity index is 1.53. The van der Waals surface area contributed by atoms with E-state index in [2.05, 4.69) is 42.1 Å². The van der Waals surface area contributed by atoms with Gasteiger partial charge in [0.2, 0.25) is 11.9 Å². The average Bonchev–Trinajstić information content (AvgIpc) is 2.79. The van der Waals surface area contributed by atoms with E-state index in [-0.39, 0.29) is 0 Å². The molecule has 8 nitrogen and oxygen atoms in total. The summed E-state index contributed by atoms with van der Waals surface area (Å²) in [4.78, 5) is 22.8. The van der Waals surface area contributed by atoms with E-state index in [9.17, 15) is 0 Å². The molecule has 1 aromatic carbocycles. The van der Waals surface area contributed by atoms with Gasteiger partial charge in [0, 0.05) is 38.8 Å². The van der Waals surface area contributed by atoms with E-state index in [1.165, 1.54) is 0 Å². The number of nitrogens with zero attached hydrogens (tertiary/aromatic N) is 6. The molecule has 4 rings (SSSR count). The lowest BCUT2D eigenvalue weighted by atomic mass is 10.2. The maximum atomic E-state index is 6.00. The highest BCUT2D eigenvalue weighted by Gasteiger charge is 2.19. The third-order valence-electron chi connectivity index (χ3n) is 5.01. The fraction of sp³-hybridized carbons (Fsp3) is 0.364. The van der Waals surface area contributed by atoms with E-state index in [0.717, 1.165) is 44.0 Å². The number of hydrogen-bond acceptors (Lipinski definition) is 8. The van der Waals surface area contributed by atoms with E-state index >= 15 is 0 Å². The van der Waals surface area contributed by atoms with Gasteiger partial charge in [0.15, 0.2) is 11.6 Å². The minimum atomic E-state index is 0.463. The van der Waals surface area contributed by atoms with Crippen molar-refractivity contribution in [1.29, 1.82) is 0 Å².